The third kappa shape index (κ3) is 18.2. The minimum absolute atomic E-state index is 0.258. The summed E-state index contributed by atoms with van der Waals surface area (Å²) in [5.74, 6) is -0.716. The Labute approximate surface area is 129 Å². The second-order valence-corrected chi connectivity index (χ2v) is 4.68. The van der Waals surface area contributed by atoms with Gasteiger partial charge in [-0.25, -0.2) is 0 Å². The van der Waals surface area contributed by atoms with Gasteiger partial charge in [-0.05, 0) is 45.4 Å². The van der Waals surface area contributed by atoms with Crippen molar-refractivity contribution in [1.82, 2.24) is 0 Å². The lowest BCUT2D eigenvalue weighted by Crippen LogP contribution is -1.92. The van der Waals surface area contributed by atoms with E-state index in [1.54, 1.807) is 0 Å². The van der Waals surface area contributed by atoms with Gasteiger partial charge in [0, 0.05) is 6.42 Å². The van der Waals surface area contributed by atoms with Crippen LogP contribution in [0.25, 0.3) is 0 Å². The quantitative estimate of drug-likeness (QED) is 0.375. The summed E-state index contributed by atoms with van der Waals surface area (Å²) in [4.78, 5) is 10.3. The van der Waals surface area contributed by atoms with E-state index in [4.69, 9.17) is 5.11 Å². The van der Waals surface area contributed by atoms with Crippen molar-refractivity contribution in [2.24, 2.45) is 0 Å². The van der Waals surface area contributed by atoms with Crippen molar-refractivity contribution in [2.45, 2.75) is 51.9 Å². The van der Waals surface area contributed by atoms with E-state index in [0.29, 0.717) is 0 Å². The molecule has 0 amide bonds. The molecule has 0 unspecified atom stereocenters. The van der Waals surface area contributed by atoms with Gasteiger partial charge in [0.05, 0.1) is 0 Å². The third-order valence-electron chi connectivity index (χ3n) is 2.75. The molecule has 0 aliphatic rings. The first-order valence-electron chi connectivity index (χ1n) is 7.70. The molecule has 0 spiro atoms. The molecule has 116 valence electrons. The Morgan fingerprint density at radius 2 is 1.19 bits per heavy atom. The van der Waals surface area contributed by atoms with E-state index >= 15 is 0 Å². The van der Waals surface area contributed by atoms with Crippen LogP contribution in [0.5, 0.6) is 0 Å². The van der Waals surface area contributed by atoms with Crippen LogP contribution in [-0.4, -0.2) is 11.1 Å². The van der Waals surface area contributed by atoms with Crippen LogP contribution < -0.4 is 0 Å². The van der Waals surface area contributed by atoms with Crippen LogP contribution in [0.4, 0.5) is 0 Å². The first-order chi connectivity index (χ1) is 10.3. The molecule has 2 nitrogen and oxygen atoms in total. The maximum Gasteiger partial charge on any atom is 0.303 e. The van der Waals surface area contributed by atoms with Crippen molar-refractivity contribution in [3.63, 3.8) is 0 Å². The second kappa shape index (κ2) is 16.2. The monoisotopic (exact) mass is 288 g/mol. The van der Waals surface area contributed by atoms with Gasteiger partial charge in [0.1, 0.15) is 0 Å². The summed E-state index contributed by atoms with van der Waals surface area (Å²) in [5.41, 5.74) is 0. The Morgan fingerprint density at radius 3 is 1.62 bits per heavy atom. The molecule has 0 bridgehead atoms. The number of rotatable bonds is 12. The Balaban J connectivity index is 3.45. The van der Waals surface area contributed by atoms with E-state index in [-0.39, 0.29) is 6.42 Å². The molecule has 0 aliphatic carbocycles. The maximum atomic E-state index is 10.3. The first-order valence-corrected chi connectivity index (χ1v) is 7.70. The number of aliphatic carboxylic acids is 1. The standard InChI is InChI=1S/C19H28O2/c1-2-3-4-5-6-7-8-9-10-11-12-13-14-15-16-17-18-19(20)21/h2-3,5-6,8-9,11-12,14-15H,4,7,10,13,16-18H2,1H3,(H,20,21)/b3-2+,6-5+,9-8+,12-11+,15-14+. The van der Waals surface area contributed by atoms with Crippen molar-refractivity contribution in [3.8, 4) is 0 Å². The predicted octanol–water partition coefficient (Wildman–Crippen LogP) is 5.60. The van der Waals surface area contributed by atoms with Gasteiger partial charge in [-0.2, -0.15) is 0 Å². The van der Waals surface area contributed by atoms with E-state index in [9.17, 15) is 4.79 Å². The van der Waals surface area contributed by atoms with Gasteiger partial charge in [-0.3, -0.25) is 4.79 Å². The lowest BCUT2D eigenvalue weighted by atomic mass is 10.2. The van der Waals surface area contributed by atoms with Crippen LogP contribution in [0.2, 0.25) is 0 Å². The van der Waals surface area contributed by atoms with Gasteiger partial charge in [0.25, 0.3) is 0 Å². The Morgan fingerprint density at radius 1 is 0.762 bits per heavy atom. The normalized spacial score (nSPS) is 12.8. The summed E-state index contributed by atoms with van der Waals surface area (Å²) in [7, 11) is 0. The van der Waals surface area contributed by atoms with E-state index in [1.165, 1.54) is 0 Å². The second-order valence-electron chi connectivity index (χ2n) is 4.68. The molecule has 1 N–H and O–H groups in total. The average molecular weight is 288 g/mol. The van der Waals surface area contributed by atoms with Crippen LogP contribution in [0, 0.1) is 0 Å². The number of allylic oxidation sites excluding steroid dienone is 10. The highest BCUT2D eigenvalue weighted by Crippen LogP contribution is 1.99. The summed E-state index contributed by atoms with van der Waals surface area (Å²) in [6, 6.07) is 0. The Bertz CT molecular complexity index is 384. The third-order valence-corrected chi connectivity index (χ3v) is 2.75. The van der Waals surface area contributed by atoms with Crippen LogP contribution in [0.15, 0.2) is 60.8 Å². The van der Waals surface area contributed by atoms with E-state index in [2.05, 4.69) is 60.8 Å². The van der Waals surface area contributed by atoms with Gasteiger partial charge < -0.3 is 5.11 Å². The van der Waals surface area contributed by atoms with Crippen LogP contribution in [-0.2, 0) is 4.79 Å². The van der Waals surface area contributed by atoms with E-state index in [0.717, 1.165) is 38.5 Å². The number of carbonyl (C=O) groups is 1. The van der Waals surface area contributed by atoms with E-state index < -0.39 is 5.97 Å². The molecular weight excluding hydrogens is 260 g/mol. The van der Waals surface area contributed by atoms with Crippen molar-refractivity contribution in [1.29, 1.82) is 0 Å². The Kier molecular flexibility index (Phi) is 14.8. The van der Waals surface area contributed by atoms with Gasteiger partial charge in [-0.15, -0.1) is 0 Å². The van der Waals surface area contributed by atoms with Crippen LogP contribution in [0.1, 0.15) is 51.9 Å². The smallest absolute Gasteiger partial charge is 0.303 e. The zero-order valence-corrected chi connectivity index (χ0v) is 13.1. The maximum absolute atomic E-state index is 10.3. The van der Waals surface area contributed by atoms with Gasteiger partial charge in [-0.1, -0.05) is 60.8 Å². The molecule has 0 heterocycles. The molecule has 0 rings (SSSR count). The molecule has 0 radical (unpaired) electrons. The molecule has 0 atom stereocenters. The molecule has 0 aliphatic heterocycles. The molecule has 0 fully saturated rings. The Hall–Kier alpha value is -1.83. The number of hydrogen-bond donors (Lipinski definition) is 1. The highest BCUT2D eigenvalue weighted by Gasteiger charge is 1.92. The highest BCUT2D eigenvalue weighted by atomic mass is 16.4. The fraction of sp³-hybridized carbons (Fsp3) is 0.421. The first kappa shape index (κ1) is 19.2. The van der Waals surface area contributed by atoms with Crippen molar-refractivity contribution >= 4 is 5.97 Å². The largest absolute Gasteiger partial charge is 0.481 e. The molecule has 0 aromatic heterocycles. The SMILES string of the molecule is C/C=C/C/C=C/C/C=C/C/C=C/C/C=C/CCCC(=O)O. The molecule has 0 aromatic carbocycles. The van der Waals surface area contributed by atoms with Gasteiger partial charge >= 0.3 is 5.97 Å². The fourth-order valence-electron chi connectivity index (χ4n) is 1.61. The fourth-order valence-corrected chi connectivity index (χ4v) is 1.61. The van der Waals surface area contributed by atoms with E-state index in [1.807, 2.05) is 6.92 Å². The zero-order chi connectivity index (χ0) is 15.6. The molecule has 0 saturated carbocycles. The van der Waals surface area contributed by atoms with Gasteiger partial charge in [0.2, 0.25) is 0 Å². The highest BCUT2D eigenvalue weighted by molar-refractivity contribution is 5.66. The lowest BCUT2D eigenvalue weighted by molar-refractivity contribution is -0.137. The predicted molar refractivity (Wildman–Crippen MR) is 91.3 cm³/mol. The number of carboxylic acids is 1. The number of unbranched alkanes of at least 4 members (excludes halogenated alkanes) is 1. The zero-order valence-electron chi connectivity index (χ0n) is 13.1. The minimum atomic E-state index is -0.716. The summed E-state index contributed by atoms with van der Waals surface area (Å²) < 4.78 is 0. The summed E-state index contributed by atoms with van der Waals surface area (Å²) in [6.45, 7) is 2.03. The minimum Gasteiger partial charge on any atom is -0.481 e. The molecular formula is C19H28O2. The number of carboxylic acid groups (broad SMARTS) is 1. The summed E-state index contributed by atoms with van der Waals surface area (Å²) in [5, 5.41) is 8.48. The van der Waals surface area contributed by atoms with Crippen LogP contribution >= 0.6 is 0 Å². The van der Waals surface area contributed by atoms with Crippen LogP contribution in [0.3, 0.4) is 0 Å². The molecule has 21 heavy (non-hydrogen) atoms. The average Bonchev–Trinajstić information content (AvgIpc) is 2.46. The van der Waals surface area contributed by atoms with Crippen molar-refractivity contribution in [2.75, 3.05) is 0 Å². The molecule has 0 saturated heterocycles. The summed E-state index contributed by atoms with van der Waals surface area (Å²) in [6.07, 6.45) is 27.1. The van der Waals surface area contributed by atoms with Crippen molar-refractivity contribution < 1.29 is 9.90 Å². The summed E-state index contributed by atoms with van der Waals surface area (Å²) >= 11 is 0. The molecule has 2 heteroatoms. The van der Waals surface area contributed by atoms with Gasteiger partial charge in [0.15, 0.2) is 0 Å². The van der Waals surface area contributed by atoms with Crippen molar-refractivity contribution in [3.05, 3.63) is 60.8 Å². The lowest BCUT2D eigenvalue weighted by Gasteiger charge is -1.89. The topological polar surface area (TPSA) is 37.3 Å². The number of hydrogen-bond acceptors (Lipinski definition) is 1. The molecule has 0 aromatic rings.